The Morgan fingerprint density at radius 1 is 1.14 bits per heavy atom. The van der Waals surface area contributed by atoms with Crippen LogP contribution < -0.4 is 4.74 Å². The van der Waals surface area contributed by atoms with Gasteiger partial charge >= 0.3 is 0 Å². The zero-order chi connectivity index (χ0) is 15.1. The molecular weight excluding hydrogens is 318 g/mol. The van der Waals surface area contributed by atoms with E-state index in [9.17, 15) is 0 Å². The van der Waals surface area contributed by atoms with E-state index in [0.717, 1.165) is 54.1 Å². The first-order valence-electron chi connectivity index (χ1n) is 7.28. The van der Waals surface area contributed by atoms with Crippen LogP contribution in [0.4, 0.5) is 5.69 Å². The van der Waals surface area contributed by atoms with E-state index in [1.165, 1.54) is 0 Å². The van der Waals surface area contributed by atoms with Gasteiger partial charge in [0, 0.05) is 31.2 Å². The van der Waals surface area contributed by atoms with Crippen molar-refractivity contribution in [3.05, 3.63) is 39.5 Å². The maximum absolute atomic E-state index is 6.13. The quantitative estimate of drug-likeness (QED) is 0.733. The van der Waals surface area contributed by atoms with Crippen LogP contribution in [0.2, 0.25) is 5.02 Å². The van der Waals surface area contributed by atoms with Crippen molar-refractivity contribution in [2.24, 2.45) is 4.99 Å². The van der Waals surface area contributed by atoms with Crippen molar-refractivity contribution in [3.8, 4) is 11.5 Å². The minimum atomic E-state index is 0.675. The molecule has 0 radical (unpaired) electrons. The van der Waals surface area contributed by atoms with Gasteiger partial charge in [-0.15, -0.1) is 11.3 Å². The van der Waals surface area contributed by atoms with Crippen molar-refractivity contribution in [1.29, 1.82) is 0 Å². The molecule has 0 N–H and O–H groups in total. The first-order valence-corrected chi connectivity index (χ1v) is 8.54. The average Bonchev–Trinajstić information content (AvgIpc) is 2.91. The molecule has 0 bridgehead atoms. The number of aliphatic imine (C=N–C) groups is 1. The van der Waals surface area contributed by atoms with E-state index in [1.54, 1.807) is 11.3 Å². The van der Waals surface area contributed by atoms with Crippen LogP contribution in [0.25, 0.3) is 0 Å². The van der Waals surface area contributed by atoms with Crippen LogP contribution in [0.1, 0.15) is 4.88 Å². The van der Waals surface area contributed by atoms with E-state index < -0.39 is 0 Å². The number of amidine groups is 1. The molecule has 4 rings (SSSR count). The highest BCUT2D eigenvalue weighted by molar-refractivity contribution is 7.12. The Balaban J connectivity index is 1.80. The fourth-order valence-corrected chi connectivity index (χ4v) is 3.72. The Bertz CT molecular complexity index is 735. The van der Waals surface area contributed by atoms with Gasteiger partial charge in [-0.05, 0) is 36.7 Å². The third-order valence-corrected chi connectivity index (χ3v) is 5.13. The molecule has 0 spiro atoms. The van der Waals surface area contributed by atoms with Crippen molar-refractivity contribution in [2.45, 2.75) is 0 Å². The van der Waals surface area contributed by atoms with Crippen LogP contribution in [0.15, 0.2) is 34.6 Å². The molecule has 0 aliphatic carbocycles. The highest BCUT2D eigenvalue weighted by Crippen LogP contribution is 2.41. The minimum Gasteiger partial charge on any atom is -0.453 e. The molecule has 2 aromatic rings. The number of nitrogens with zero attached hydrogens (tertiary/aromatic N) is 3. The number of likely N-dealkylation sites (N-methyl/N-ethyl adjacent to an activating group) is 1. The minimum absolute atomic E-state index is 0.675. The van der Waals surface area contributed by atoms with E-state index >= 15 is 0 Å². The fraction of sp³-hybridized carbons (Fsp3) is 0.312. The van der Waals surface area contributed by atoms with Gasteiger partial charge in [0.2, 0.25) is 0 Å². The summed E-state index contributed by atoms with van der Waals surface area (Å²) < 4.78 is 6.04. The van der Waals surface area contributed by atoms with Gasteiger partial charge in [0.05, 0.1) is 0 Å². The van der Waals surface area contributed by atoms with Crippen LogP contribution in [-0.2, 0) is 0 Å². The lowest BCUT2D eigenvalue weighted by Crippen LogP contribution is -2.47. The Kier molecular flexibility index (Phi) is 3.56. The lowest BCUT2D eigenvalue weighted by Gasteiger charge is -2.34. The van der Waals surface area contributed by atoms with Crippen molar-refractivity contribution in [1.82, 2.24) is 9.80 Å². The summed E-state index contributed by atoms with van der Waals surface area (Å²) in [5, 5.41) is 2.73. The zero-order valence-electron chi connectivity index (χ0n) is 12.3. The molecule has 1 saturated heterocycles. The van der Waals surface area contributed by atoms with Crippen LogP contribution in [0, 0.1) is 0 Å². The molecular formula is C16H16ClN3OS. The van der Waals surface area contributed by atoms with E-state index in [-0.39, 0.29) is 0 Å². The molecule has 0 unspecified atom stereocenters. The number of halogens is 1. The molecule has 114 valence electrons. The fourth-order valence-electron chi connectivity index (χ4n) is 2.72. The van der Waals surface area contributed by atoms with Gasteiger partial charge in [0.15, 0.2) is 11.6 Å². The summed E-state index contributed by atoms with van der Waals surface area (Å²) in [4.78, 5) is 10.7. The van der Waals surface area contributed by atoms with Crippen LogP contribution in [-0.4, -0.2) is 48.9 Å². The highest BCUT2D eigenvalue weighted by atomic mass is 35.5. The summed E-state index contributed by atoms with van der Waals surface area (Å²) in [6, 6.07) is 7.59. The third kappa shape index (κ3) is 2.49. The molecule has 0 saturated carbocycles. The van der Waals surface area contributed by atoms with Gasteiger partial charge < -0.3 is 14.5 Å². The number of rotatable bonds is 0. The van der Waals surface area contributed by atoms with Crippen molar-refractivity contribution < 1.29 is 4.74 Å². The lowest BCUT2D eigenvalue weighted by molar-refractivity contribution is 0.216. The average molecular weight is 334 g/mol. The summed E-state index contributed by atoms with van der Waals surface area (Å²) in [6.07, 6.45) is 0. The highest BCUT2D eigenvalue weighted by Gasteiger charge is 2.26. The second kappa shape index (κ2) is 5.57. The van der Waals surface area contributed by atoms with Crippen molar-refractivity contribution in [3.63, 3.8) is 0 Å². The normalized spacial score (nSPS) is 18.1. The molecule has 6 heteroatoms. The lowest BCUT2D eigenvalue weighted by atomic mass is 10.3. The molecule has 4 nitrogen and oxygen atoms in total. The van der Waals surface area contributed by atoms with Gasteiger partial charge in [-0.1, -0.05) is 11.6 Å². The van der Waals surface area contributed by atoms with Crippen LogP contribution in [0.3, 0.4) is 0 Å². The van der Waals surface area contributed by atoms with Gasteiger partial charge in [0.1, 0.15) is 16.3 Å². The third-order valence-electron chi connectivity index (χ3n) is 4.00. The first-order chi connectivity index (χ1) is 10.7. The zero-order valence-corrected chi connectivity index (χ0v) is 13.8. The molecule has 22 heavy (non-hydrogen) atoms. The van der Waals surface area contributed by atoms with E-state index in [4.69, 9.17) is 21.3 Å². The number of hydrogen-bond donors (Lipinski definition) is 0. The Morgan fingerprint density at radius 3 is 2.77 bits per heavy atom. The van der Waals surface area contributed by atoms with Crippen LogP contribution in [0.5, 0.6) is 11.5 Å². The molecule has 1 aromatic carbocycles. The first kappa shape index (κ1) is 14.1. The molecule has 2 aliphatic rings. The van der Waals surface area contributed by atoms with E-state index in [0.29, 0.717) is 5.02 Å². The number of benzene rings is 1. The molecule has 2 aliphatic heterocycles. The Labute approximate surface area is 138 Å². The van der Waals surface area contributed by atoms with Crippen molar-refractivity contribution in [2.75, 3.05) is 33.2 Å². The number of piperazine rings is 1. The number of thiophene rings is 1. The largest absolute Gasteiger partial charge is 0.453 e. The van der Waals surface area contributed by atoms with E-state index in [1.807, 2.05) is 24.3 Å². The SMILES string of the molecule is CN1CCN(C2=Nc3cc(Cl)ccc3Oc3ccsc32)CC1. The predicted molar refractivity (Wildman–Crippen MR) is 91.1 cm³/mol. The standard InChI is InChI=1S/C16H16ClN3OS/c1-19-5-7-20(8-6-19)16-15-14(4-9-22-15)21-13-3-2-11(17)10-12(13)18-16/h2-4,9-10H,5-8H2,1H3. The smallest absolute Gasteiger partial charge is 0.153 e. The Morgan fingerprint density at radius 2 is 1.95 bits per heavy atom. The maximum atomic E-state index is 6.13. The second-order valence-corrected chi connectivity index (χ2v) is 6.91. The number of ether oxygens (including phenoxy) is 1. The molecule has 0 amide bonds. The molecule has 1 aromatic heterocycles. The maximum Gasteiger partial charge on any atom is 0.153 e. The van der Waals surface area contributed by atoms with Crippen molar-refractivity contribution >= 4 is 34.5 Å². The van der Waals surface area contributed by atoms with Gasteiger partial charge in [-0.3, -0.25) is 0 Å². The summed E-state index contributed by atoms with van der Waals surface area (Å²) >= 11 is 7.80. The number of hydrogen-bond acceptors (Lipinski definition) is 5. The number of fused-ring (bicyclic) bond motifs is 2. The Hall–Kier alpha value is -1.56. The van der Waals surface area contributed by atoms with Gasteiger partial charge in [-0.25, -0.2) is 4.99 Å². The van der Waals surface area contributed by atoms with Gasteiger partial charge in [-0.2, -0.15) is 0 Å². The van der Waals surface area contributed by atoms with Gasteiger partial charge in [0.25, 0.3) is 0 Å². The van der Waals surface area contributed by atoms with Crippen LogP contribution >= 0.6 is 22.9 Å². The van der Waals surface area contributed by atoms with E-state index in [2.05, 4.69) is 22.2 Å². The second-order valence-electron chi connectivity index (χ2n) is 5.55. The summed E-state index contributed by atoms with van der Waals surface area (Å²) in [6.45, 7) is 4.04. The predicted octanol–water partition coefficient (Wildman–Crippen LogP) is 3.83. The molecule has 1 fully saturated rings. The summed E-state index contributed by atoms with van der Waals surface area (Å²) in [7, 11) is 2.15. The molecule has 3 heterocycles. The summed E-state index contributed by atoms with van der Waals surface area (Å²) in [5.41, 5.74) is 0.796. The molecule has 0 atom stereocenters. The monoisotopic (exact) mass is 333 g/mol. The summed E-state index contributed by atoms with van der Waals surface area (Å²) in [5.74, 6) is 2.64. The topological polar surface area (TPSA) is 28.1 Å².